The molecular formula is C15H28N2O2. The molecule has 0 spiro atoms. The third-order valence-electron chi connectivity index (χ3n) is 4.71. The first-order valence-electron chi connectivity index (χ1n) is 7.76. The smallest absolute Gasteiger partial charge is 0.223 e. The number of carbonyl (C=O) groups is 1. The average Bonchev–Trinajstić information content (AvgIpc) is 2.43. The molecule has 0 aromatic rings. The Kier molecular flexibility index (Phi) is 5.22. The molecule has 0 aromatic carbocycles. The van der Waals surface area contributed by atoms with E-state index >= 15 is 0 Å². The highest BCUT2D eigenvalue weighted by Crippen LogP contribution is 2.31. The van der Waals surface area contributed by atoms with Gasteiger partial charge in [-0.1, -0.05) is 6.92 Å². The standard InChI is InChI=1S/C15H28N2O2/c1-12-5-7-15(11-16,8-6-12)17-14(18)10-13-4-2-3-9-19-13/h12-13H,2-11,16H2,1H3,(H,17,18). The summed E-state index contributed by atoms with van der Waals surface area (Å²) in [6.07, 6.45) is 8.29. The van der Waals surface area contributed by atoms with Gasteiger partial charge in [-0.15, -0.1) is 0 Å². The molecule has 1 saturated heterocycles. The number of nitrogens with two attached hydrogens (primary N) is 1. The molecular weight excluding hydrogens is 240 g/mol. The predicted octanol–water partition coefficient (Wildman–Crippen LogP) is 1.97. The van der Waals surface area contributed by atoms with Crippen LogP contribution in [0.2, 0.25) is 0 Å². The van der Waals surface area contributed by atoms with Crippen molar-refractivity contribution in [2.75, 3.05) is 13.2 Å². The number of amides is 1. The van der Waals surface area contributed by atoms with Crippen molar-refractivity contribution in [1.82, 2.24) is 5.32 Å². The minimum atomic E-state index is -0.155. The van der Waals surface area contributed by atoms with Gasteiger partial charge >= 0.3 is 0 Å². The molecule has 1 unspecified atom stereocenters. The predicted molar refractivity (Wildman–Crippen MR) is 75.8 cm³/mol. The maximum Gasteiger partial charge on any atom is 0.223 e. The van der Waals surface area contributed by atoms with E-state index in [1.165, 1.54) is 6.42 Å². The number of hydrogen-bond donors (Lipinski definition) is 2. The molecule has 1 heterocycles. The van der Waals surface area contributed by atoms with Gasteiger partial charge in [-0.05, 0) is 50.9 Å². The van der Waals surface area contributed by atoms with Crippen LogP contribution in [0, 0.1) is 5.92 Å². The second-order valence-electron chi connectivity index (χ2n) is 6.41. The Morgan fingerprint density at radius 2 is 2.05 bits per heavy atom. The van der Waals surface area contributed by atoms with E-state index in [2.05, 4.69) is 12.2 Å². The van der Waals surface area contributed by atoms with Gasteiger partial charge in [0.15, 0.2) is 0 Å². The molecule has 0 radical (unpaired) electrons. The Bertz CT molecular complexity index is 293. The Morgan fingerprint density at radius 3 is 2.63 bits per heavy atom. The van der Waals surface area contributed by atoms with E-state index in [0.29, 0.717) is 13.0 Å². The SMILES string of the molecule is CC1CCC(CN)(NC(=O)CC2CCCCO2)CC1. The summed E-state index contributed by atoms with van der Waals surface area (Å²) in [5, 5.41) is 3.21. The van der Waals surface area contributed by atoms with E-state index in [4.69, 9.17) is 10.5 Å². The Balaban J connectivity index is 1.82. The lowest BCUT2D eigenvalue weighted by Crippen LogP contribution is -2.55. The van der Waals surface area contributed by atoms with Crippen molar-refractivity contribution in [3.05, 3.63) is 0 Å². The summed E-state index contributed by atoms with van der Waals surface area (Å²) in [6, 6.07) is 0. The van der Waals surface area contributed by atoms with E-state index in [-0.39, 0.29) is 17.6 Å². The van der Waals surface area contributed by atoms with Gasteiger partial charge in [0.1, 0.15) is 0 Å². The highest BCUT2D eigenvalue weighted by Gasteiger charge is 2.34. The Morgan fingerprint density at radius 1 is 1.32 bits per heavy atom. The average molecular weight is 268 g/mol. The molecule has 2 aliphatic rings. The maximum absolute atomic E-state index is 12.2. The zero-order valence-electron chi connectivity index (χ0n) is 12.1. The molecule has 110 valence electrons. The van der Waals surface area contributed by atoms with Crippen LogP contribution < -0.4 is 11.1 Å². The van der Waals surface area contributed by atoms with Gasteiger partial charge in [-0.3, -0.25) is 4.79 Å². The summed E-state index contributed by atoms with van der Waals surface area (Å²) < 4.78 is 5.63. The van der Waals surface area contributed by atoms with Gasteiger partial charge in [0.2, 0.25) is 5.91 Å². The van der Waals surface area contributed by atoms with Gasteiger partial charge in [0, 0.05) is 13.2 Å². The highest BCUT2D eigenvalue weighted by molar-refractivity contribution is 5.77. The second kappa shape index (κ2) is 6.71. The quantitative estimate of drug-likeness (QED) is 0.819. The van der Waals surface area contributed by atoms with Crippen LogP contribution in [-0.4, -0.2) is 30.7 Å². The van der Waals surface area contributed by atoms with Crippen molar-refractivity contribution < 1.29 is 9.53 Å². The van der Waals surface area contributed by atoms with Crippen molar-refractivity contribution in [3.63, 3.8) is 0 Å². The molecule has 1 aliphatic heterocycles. The first-order chi connectivity index (χ1) is 9.13. The second-order valence-corrected chi connectivity index (χ2v) is 6.41. The molecule has 2 rings (SSSR count). The zero-order valence-corrected chi connectivity index (χ0v) is 12.1. The third-order valence-corrected chi connectivity index (χ3v) is 4.71. The molecule has 2 fully saturated rings. The molecule has 0 aromatic heterocycles. The molecule has 1 aliphatic carbocycles. The lowest BCUT2D eigenvalue weighted by atomic mass is 9.77. The van der Waals surface area contributed by atoms with E-state index in [0.717, 1.165) is 51.0 Å². The number of nitrogens with one attached hydrogen (secondary N) is 1. The van der Waals surface area contributed by atoms with Crippen molar-refractivity contribution in [3.8, 4) is 0 Å². The van der Waals surface area contributed by atoms with E-state index in [1.807, 2.05) is 0 Å². The maximum atomic E-state index is 12.2. The topological polar surface area (TPSA) is 64.3 Å². The lowest BCUT2D eigenvalue weighted by molar-refractivity contribution is -0.127. The molecule has 3 N–H and O–H groups in total. The van der Waals surface area contributed by atoms with Crippen LogP contribution in [0.4, 0.5) is 0 Å². The van der Waals surface area contributed by atoms with Gasteiger partial charge in [0.25, 0.3) is 0 Å². The summed E-state index contributed by atoms with van der Waals surface area (Å²) in [7, 11) is 0. The summed E-state index contributed by atoms with van der Waals surface area (Å²) >= 11 is 0. The van der Waals surface area contributed by atoms with Crippen LogP contribution >= 0.6 is 0 Å². The van der Waals surface area contributed by atoms with Crippen LogP contribution in [-0.2, 0) is 9.53 Å². The Hall–Kier alpha value is -0.610. The molecule has 19 heavy (non-hydrogen) atoms. The van der Waals surface area contributed by atoms with E-state index in [9.17, 15) is 4.79 Å². The molecule has 4 heteroatoms. The van der Waals surface area contributed by atoms with Crippen LogP contribution in [0.1, 0.15) is 58.3 Å². The first-order valence-corrected chi connectivity index (χ1v) is 7.76. The molecule has 4 nitrogen and oxygen atoms in total. The minimum absolute atomic E-state index is 0.117. The fraction of sp³-hybridized carbons (Fsp3) is 0.933. The van der Waals surface area contributed by atoms with Gasteiger partial charge in [-0.25, -0.2) is 0 Å². The Labute approximate surface area is 116 Å². The fourth-order valence-corrected chi connectivity index (χ4v) is 3.22. The highest BCUT2D eigenvalue weighted by atomic mass is 16.5. The summed E-state index contributed by atoms with van der Waals surface area (Å²) in [6.45, 7) is 3.63. The fourth-order valence-electron chi connectivity index (χ4n) is 3.22. The van der Waals surface area contributed by atoms with Gasteiger partial charge < -0.3 is 15.8 Å². The third kappa shape index (κ3) is 4.18. The normalized spacial score (nSPS) is 35.9. The summed E-state index contributed by atoms with van der Waals surface area (Å²) in [5.41, 5.74) is 5.76. The van der Waals surface area contributed by atoms with Crippen molar-refractivity contribution in [1.29, 1.82) is 0 Å². The summed E-state index contributed by atoms with van der Waals surface area (Å²) in [4.78, 5) is 12.2. The molecule has 1 amide bonds. The molecule has 1 saturated carbocycles. The zero-order chi connectivity index (χ0) is 13.7. The number of ether oxygens (including phenoxy) is 1. The van der Waals surface area contributed by atoms with Crippen molar-refractivity contribution in [2.45, 2.75) is 69.9 Å². The lowest BCUT2D eigenvalue weighted by Gasteiger charge is -2.39. The monoisotopic (exact) mass is 268 g/mol. The van der Waals surface area contributed by atoms with E-state index < -0.39 is 0 Å². The molecule has 1 atom stereocenters. The van der Waals surface area contributed by atoms with Crippen molar-refractivity contribution in [2.24, 2.45) is 11.7 Å². The van der Waals surface area contributed by atoms with Crippen LogP contribution in [0.5, 0.6) is 0 Å². The largest absolute Gasteiger partial charge is 0.378 e. The first kappa shape index (κ1) is 14.8. The number of carbonyl (C=O) groups excluding carboxylic acids is 1. The van der Waals surface area contributed by atoms with Crippen molar-refractivity contribution >= 4 is 5.91 Å². The number of rotatable bonds is 4. The van der Waals surface area contributed by atoms with Crippen LogP contribution in [0.3, 0.4) is 0 Å². The van der Waals surface area contributed by atoms with Gasteiger partial charge in [0.05, 0.1) is 18.1 Å². The number of hydrogen-bond acceptors (Lipinski definition) is 3. The van der Waals surface area contributed by atoms with E-state index in [1.54, 1.807) is 0 Å². The van der Waals surface area contributed by atoms with Gasteiger partial charge in [-0.2, -0.15) is 0 Å². The van der Waals surface area contributed by atoms with Crippen LogP contribution in [0.25, 0.3) is 0 Å². The molecule has 0 bridgehead atoms. The van der Waals surface area contributed by atoms with Crippen LogP contribution in [0.15, 0.2) is 0 Å². The summed E-state index contributed by atoms with van der Waals surface area (Å²) in [5.74, 6) is 0.880. The minimum Gasteiger partial charge on any atom is -0.378 e.